The molecule has 0 fully saturated rings. The fourth-order valence-electron chi connectivity index (χ4n) is 4.17. The Balaban J connectivity index is 1.60. The molecular formula is C28H32O2. The highest BCUT2D eigenvalue weighted by molar-refractivity contribution is 5.88. The van der Waals surface area contributed by atoms with Gasteiger partial charge in [0.15, 0.2) is 0 Å². The third kappa shape index (κ3) is 6.17. The summed E-state index contributed by atoms with van der Waals surface area (Å²) >= 11 is 0. The standard InChI is InChI=1S/C28H32O2/c1-2-3-4-5-6-15-25(29)16-11-18-28(30)27-21-24-14-8-7-12-22(24)19-20-23-13-9-10-17-26(23)27/h7-10,12-14,17,27H,2-6,11,15-16,18,21H2,1H3. The summed E-state index contributed by atoms with van der Waals surface area (Å²) in [6.07, 6.45) is 8.76. The van der Waals surface area contributed by atoms with Crippen molar-refractivity contribution in [3.63, 3.8) is 0 Å². The molecule has 2 aromatic rings. The number of carbonyl (C=O) groups excluding carboxylic acids is 2. The molecule has 0 N–H and O–H groups in total. The van der Waals surface area contributed by atoms with E-state index >= 15 is 0 Å². The van der Waals surface area contributed by atoms with Gasteiger partial charge in [0, 0.05) is 36.3 Å². The normalized spacial score (nSPS) is 14.5. The average molecular weight is 401 g/mol. The van der Waals surface area contributed by atoms with Crippen molar-refractivity contribution in [2.75, 3.05) is 0 Å². The molecule has 0 heterocycles. The first-order valence-corrected chi connectivity index (χ1v) is 11.4. The number of hydrogen-bond acceptors (Lipinski definition) is 2. The molecule has 1 atom stereocenters. The quantitative estimate of drug-likeness (QED) is 0.323. The average Bonchev–Trinajstić information content (AvgIpc) is 2.75. The number of unbranched alkanes of at least 4 members (excludes halogenated alkanes) is 4. The Labute approximate surface area is 181 Å². The van der Waals surface area contributed by atoms with E-state index in [-0.39, 0.29) is 11.7 Å². The summed E-state index contributed by atoms with van der Waals surface area (Å²) < 4.78 is 0. The fourth-order valence-corrected chi connectivity index (χ4v) is 4.17. The van der Waals surface area contributed by atoms with Crippen molar-refractivity contribution in [2.45, 2.75) is 77.0 Å². The van der Waals surface area contributed by atoms with Crippen LogP contribution in [0.2, 0.25) is 0 Å². The summed E-state index contributed by atoms with van der Waals surface area (Å²) in [6, 6.07) is 16.1. The second-order valence-electron chi connectivity index (χ2n) is 8.27. The van der Waals surface area contributed by atoms with Gasteiger partial charge in [0.2, 0.25) is 0 Å². The van der Waals surface area contributed by atoms with Gasteiger partial charge in [-0.3, -0.25) is 9.59 Å². The Morgan fingerprint density at radius 1 is 0.800 bits per heavy atom. The van der Waals surface area contributed by atoms with Crippen molar-refractivity contribution < 1.29 is 9.59 Å². The summed E-state index contributed by atoms with van der Waals surface area (Å²) in [4.78, 5) is 25.4. The Hall–Kier alpha value is -2.66. The third-order valence-corrected chi connectivity index (χ3v) is 5.94. The maximum atomic E-state index is 13.2. The lowest BCUT2D eigenvalue weighted by Gasteiger charge is -2.20. The molecule has 1 aliphatic carbocycles. The van der Waals surface area contributed by atoms with Gasteiger partial charge < -0.3 is 0 Å². The number of carbonyl (C=O) groups is 2. The van der Waals surface area contributed by atoms with Crippen molar-refractivity contribution in [1.29, 1.82) is 0 Å². The predicted octanol–water partition coefficient (Wildman–Crippen LogP) is 6.40. The van der Waals surface area contributed by atoms with Gasteiger partial charge in [0.25, 0.3) is 0 Å². The van der Waals surface area contributed by atoms with Crippen LogP contribution in [-0.4, -0.2) is 11.6 Å². The van der Waals surface area contributed by atoms with Crippen LogP contribution < -0.4 is 0 Å². The van der Waals surface area contributed by atoms with Crippen molar-refractivity contribution in [1.82, 2.24) is 0 Å². The van der Waals surface area contributed by atoms with Gasteiger partial charge in [-0.15, -0.1) is 0 Å². The molecule has 1 unspecified atom stereocenters. The maximum Gasteiger partial charge on any atom is 0.140 e. The molecule has 0 bridgehead atoms. The lowest BCUT2D eigenvalue weighted by atomic mass is 9.82. The Bertz CT molecular complexity index is 929. The highest BCUT2D eigenvalue weighted by Crippen LogP contribution is 2.29. The molecular weight excluding hydrogens is 368 g/mol. The van der Waals surface area contributed by atoms with Crippen molar-refractivity contribution in [3.8, 4) is 11.8 Å². The number of Topliss-reactive ketones (excluding diaryl/α,β-unsaturated/α-hetero) is 2. The summed E-state index contributed by atoms with van der Waals surface area (Å²) in [5, 5.41) is 0. The van der Waals surface area contributed by atoms with Gasteiger partial charge in [-0.2, -0.15) is 0 Å². The van der Waals surface area contributed by atoms with E-state index in [0.717, 1.165) is 35.1 Å². The van der Waals surface area contributed by atoms with Crippen LogP contribution in [0.3, 0.4) is 0 Å². The summed E-state index contributed by atoms with van der Waals surface area (Å²) in [7, 11) is 0. The van der Waals surface area contributed by atoms with Gasteiger partial charge >= 0.3 is 0 Å². The van der Waals surface area contributed by atoms with Crippen LogP contribution in [0.5, 0.6) is 0 Å². The molecule has 0 amide bonds. The molecule has 1 aliphatic rings. The fraction of sp³-hybridized carbons (Fsp3) is 0.429. The molecule has 0 saturated carbocycles. The summed E-state index contributed by atoms with van der Waals surface area (Å²) in [5.41, 5.74) is 4.09. The second kappa shape index (κ2) is 11.5. The van der Waals surface area contributed by atoms with Gasteiger partial charge in [-0.05, 0) is 42.5 Å². The first-order chi connectivity index (χ1) is 14.7. The number of benzene rings is 2. The lowest BCUT2D eigenvalue weighted by molar-refractivity contribution is -0.121. The molecule has 2 heteroatoms. The van der Waals surface area contributed by atoms with Gasteiger partial charge in [-0.25, -0.2) is 0 Å². The molecule has 0 aromatic heterocycles. The first-order valence-electron chi connectivity index (χ1n) is 11.4. The van der Waals surface area contributed by atoms with Crippen LogP contribution >= 0.6 is 0 Å². The van der Waals surface area contributed by atoms with E-state index in [1.54, 1.807) is 0 Å². The van der Waals surface area contributed by atoms with Crippen LogP contribution in [0.1, 0.15) is 92.9 Å². The first kappa shape index (κ1) is 22.0. The lowest BCUT2D eigenvalue weighted by Crippen LogP contribution is -2.18. The highest BCUT2D eigenvalue weighted by atomic mass is 16.1. The number of rotatable bonds is 11. The van der Waals surface area contributed by atoms with Crippen LogP contribution in [0, 0.1) is 11.8 Å². The number of ketones is 2. The monoisotopic (exact) mass is 400 g/mol. The summed E-state index contributed by atoms with van der Waals surface area (Å²) in [6.45, 7) is 2.20. The van der Waals surface area contributed by atoms with E-state index in [4.69, 9.17) is 0 Å². The zero-order valence-electron chi connectivity index (χ0n) is 18.1. The largest absolute Gasteiger partial charge is 0.300 e. The molecule has 0 aliphatic heterocycles. The molecule has 2 nitrogen and oxygen atoms in total. The second-order valence-corrected chi connectivity index (χ2v) is 8.27. The topological polar surface area (TPSA) is 34.1 Å². The van der Waals surface area contributed by atoms with Crippen LogP contribution in [0.4, 0.5) is 0 Å². The Morgan fingerprint density at radius 2 is 1.47 bits per heavy atom. The molecule has 2 aromatic carbocycles. The SMILES string of the molecule is CCCCCCCC(=O)CCCC(=O)C1Cc2ccccc2C#Cc2ccccc21. The molecule has 3 rings (SSSR count). The van der Waals surface area contributed by atoms with E-state index in [1.807, 2.05) is 42.5 Å². The molecule has 0 radical (unpaired) electrons. The van der Waals surface area contributed by atoms with Crippen LogP contribution in [0.25, 0.3) is 0 Å². The van der Waals surface area contributed by atoms with E-state index in [9.17, 15) is 9.59 Å². The van der Waals surface area contributed by atoms with Crippen molar-refractivity contribution in [3.05, 3.63) is 70.8 Å². The third-order valence-electron chi connectivity index (χ3n) is 5.94. The zero-order chi connectivity index (χ0) is 21.2. The highest BCUT2D eigenvalue weighted by Gasteiger charge is 2.24. The minimum atomic E-state index is -0.193. The van der Waals surface area contributed by atoms with E-state index < -0.39 is 0 Å². The smallest absolute Gasteiger partial charge is 0.140 e. The van der Waals surface area contributed by atoms with Crippen molar-refractivity contribution in [2.24, 2.45) is 0 Å². The number of hydrogen-bond donors (Lipinski definition) is 0. The zero-order valence-corrected chi connectivity index (χ0v) is 18.1. The minimum Gasteiger partial charge on any atom is -0.300 e. The molecule has 156 valence electrons. The van der Waals surface area contributed by atoms with Gasteiger partial charge in [-0.1, -0.05) is 80.8 Å². The van der Waals surface area contributed by atoms with Crippen LogP contribution in [-0.2, 0) is 16.0 Å². The van der Waals surface area contributed by atoms with E-state index in [1.165, 1.54) is 19.3 Å². The van der Waals surface area contributed by atoms with Gasteiger partial charge in [0.05, 0.1) is 0 Å². The Kier molecular flexibility index (Phi) is 8.45. The molecule has 30 heavy (non-hydrogen) atoms. The minimum absolute atomic E-state index is 0.193. The number of fused-ring (bicyclic) bond motifs is 2. The maximum absolute atomic E-state index is 13.2. The van der Waals surface area contributed by atoms with Crippen LogP contribution in [0.15, 0.2) is 48.5 Å². The summed E-state index contributed by atoms with van der Waals surface area (Å²) in [5.74, 6) is 6.85. The predicted molar refractivity (Wildman–Crippen MR) is 123 cm³/mol. The molecule has 0 spiro atoms. The van der Waals surface area contributed by atoms with E-state index in [0.29, 0.717) is 37.9 Å². The van der Waals surface area contributed by atoms with Gasteiger partial charge in [0.1, 0.15) is 11.6 Å². The molecule has 0 saturated heterocycles. The Morgan fingerprint density at radius 3 is 2.30 bits per heavy atom. The van der Waals surface area contributed by atoms with Crippen molar-refractivity contribution >= 4 is 11.6 Å². The van der Waals surface area contributed by atoms with E-state index in [2.05, 4.69) is 24.8 Å².